The highest BCUT2D eigenvalue weighted by Crippen LogP contribution is 2.26. The van der Waals surface area contributed by atoms with Crippen LogP contribution in [0.15, 0.2) is 23.7 Å². The van der Waals surface area contributed by atoms with Gasteiger partial charge < -0.3 is 9.64 Å². The number of hydrogen-bond acceptors (Lipinski definition) is 5. The van der Waals surface area contributed by atoms with Crippen molar-refractivity contribution in [2.75, 3.05) is 19.8 Å². The Balaban J connectivity index is 1.89. The Bertz CT molecular complexity index is 656. The van der Waals surface area contributed by atoms with Crippen molar-refractivity contribution in [1.82, 2.24) is 14.9 Å². The summed E-state index contributed by atoms with van der Waals surface area (Å²) < 4.78 is 5.54. The van der Waals surface area contributed by atoms with E-state index in [0.717, 1.165) is 16.3 Å². The zero-order valence-corrected chi connectivity index (χ0v) is 12.9. The maximum absolute atomic E-state index is 12.7. The SMILES string of the molecule is Cc1ccnc(C(=O)N2CCOC[C@H]2c2csc(C)n2)c1. The highest BCUT2D eigenvalue weighted by molar-refractivity contribution is 7.09. The molecular weight excluding hydrogens is 286 g/mol. The fourth-order valence-electron chi connectivity index (χ4n) is 2.43. The van der Waals surface area contributed by atoms with Crippen LogP contribution in [0, 0.1) is 13.8 Å². The average molecular weight is 303 g/mol. The summed E-state index contributed by atoms with van der Waals surface area (Å²) in [6, 6.07) is 3.58. The van der Waals surface area contributed by atoms with E-state index in [1.165, 1.54) is 0 Å². The Morgan fingerprint density at radius 1 is 1.48 bits per heavy atom. The van der Waals surface area contributed by atoms with E-state index in [4.69, 9.17) is 4.74 Å². The van der Waals surface area contributed by atoms with E-state index in [1.807, 2.05) is 36.3 Å². The van der Waals surface area contributed by atoms with Gasteiger partial charge in [-0.3, -0.25) is 9.78 Å². The number of carbonyl (C=O) groups excluding carboxylic acids is 1. The van der Waals surface area contributed by atoms with Crippen LogP contribution in [-0.4, -0.2) is 40.5 Å². The Morgan fingerprint density at radius 2 is 2.33 bits per heavy atom. The van der Waals surface area contributed by atoms with Crippen LogP contribution in [-0.2, 0) is 4.74 Å². The molecule has 0 unspecified atom stereocenters. The fraction of sp³-hybridized carbons (Fsp3) is 0.400. The minimum absolute atomic E-state index is 0.0577. The molecular formula is C15H17N3O2S. The van der Waals surface area contributed by atoms with Gasteiger partial charge in [-0.05, 0) is 31.5 Å². The molecule has 3 rings (SSSR count). The van der Waals surface area contributed by atoms with Gasteiger partial charge in [0.25, 0.3) is 5.91 Å². The summed E-state index contributed by atoms with van der Waals surface area (Å²) in [6.45, 7) is 5.53. The van der Waals surface area contributed by atoms with Crippen molar-refractivity contribution in [2.24, 2.45) is 0 Å². The van der Waals surface area contributed by atoms with Crippen molar-refractivity contribution in [3.63, 3.8) is 0 Å². The second-order valence-corrected chi connectivity index (χ2v) is 6.16. The van der Waals surface area contributed by atoms with Crippen molar-refractivity contribution in [3.8, 4) is 0 Å². The van der Waals surface area contributed by atoms with Gasteiger partial charge >= 0.3 is 0 Å². The molecule has 1 fully saturated rings. The summed E-state index contributed by atoms with van der Waals surface area (Å²) in [5, 5.41) is 3.00. The smallest absolute Gasteiger partial charge is 0.273 e. The molecule has 1 aliphatic rings. The van der Waals surface area contributed by atoms with Crippen LogP contribution >= 0.6 is 11.3 Å². The van der Waals surface area contributed by atoms with Crippen LogP contribution < -0.4 is 0 Å². The number of carbonyl (C=O) groups is 1. The normalized spacial score (nSPS) is 18.8. The van der Waals surface area contributed by atoms with Gasteiger partial charge in [-0.15, -0.1) is 11.3 Å². The Hall–Kier alpha value is -1.79. The average Bonchev–Trinajstić information content (AvgIpc) is 2.93. The van der Waals surface area contributed by atoms with Crippen LogP contribution in [0.25, 0.3) is 0 Å². The predicted molar refractivity (Wildman–Crippen MR) is 80.4 cm³/mol. The molecule has 2 aromatic heterocycles. The third-order valence-electron chi connectivity index (χ3n) is 3.50. The molecule has 2 aromatic rings. The van der Waals surface area contributed by atoms with Crippen LogP contribution in [0.5, 0.6) is 0 Å². The lowest BCUT2D eigenvalue weighted by Gasteiger charge is -2.34. The molecule has 0 aliphatic carbocycles. The molecule has 1 aliphatic heterocycles. The molecule has 1 saturated heterocycles. The standard InChI is InChI=1S/C15H17N3O2S/c1-10-3-4-16-12(7-10)15(19)18-5-6-20-8-14(18)13-9-21-11(2)17-13/h3-4,7,9,14H,5-6,8H2,1-2H3/t14-/m0/s1. The van der Waals surface area contributed by atoms with Gasteiger partial charge in [-0.2, -0.15) is 0 Å². The van der Waals surface area contributed by atoms with E-state index in [-0.39, 0.29) is 11.9 Å². The van der Waals surface area contributed by atoms with E-state index in [2.05, 4.69) is 9.97 Å². The molecule has 0 spiro atoms. The minimum atomic E-state index is -0.126. The van der Waals surface area contributed by atoms with E-state index in [0.29, 0.717) is 25.5 Å². The number of aryl methyl sites for hydroxylation is 2. The minimum Gasteiger partial charge on any atom is -0.377 e. The summed E-state index contributed by atoms with van der Waals surface area (Å²) in [7, 11) is 0. The van der Waals surface area contributed by atoms with Crippen molar-refractivity contribution >= 4 is 17.2 Å². The van der Waals surface area contributed by atoms with Crippen LogP contribution in [0.3, 0.4) is 0 Å². The Morgan fingerprint density at radius 3 is 3.05 bits per heavy atom. The van der Waals surface area contributed by atoms with Crippen molar-refractivity contribution in [3.05, 3.63) is 45.7 Å². The molecule has 1 amide bonds. The molecule has 21 heavy (non-hydrogen) atoms. The van der Waals surface area contributed by atoms with Crippen LogP contribution in [0.2, 0.25) is 0 Å². The number of amides is 1. The van der Waals surface area contributed by atoms with Crippen LogP contribution in [0.1, 0.15) is 32.8 Å². The number of thiazole rings is 1. The van der Waals surface area contributed by atoms with E-state index < -0.39 is 0 Å². The lowest BCUT2D eigenvalue weighted by Crippen LogP contribution is -2.43. The summed E-state index contributed by atoms with van der Waals surface area (Å²) in [4.78, 5) is 23.2. The Labute approximate surface area is 127 Å². The third kappa shape index (κ3) is 2.96. The van der Waals surface area contributed by atoms with E-state index in [9.17, 15) is 4.79 Å². The van der Waals surface area contributed by atoms with Crippen LogP contribution in [0.4, 0.5) is 0 Å². The van der Waals surface area contributed by atoms with Crippen molar-refractivity contribution < 1.29 is 9.53 Å². The maximum atomic E-state index is 12.7. The summed E-state index contributed by atoms with van der Waals surface area (Å²) >= 11 is 1.59. The van der Waals surface area contributed by atoms with Gasteiger partial charge in [0.2, 0.25) is 0 Å². The largest absolute Gasteiger partial charge is 0.377 e. The first kappa shape index (κ1) is 14.2. The molecule has 0 bridgehead atoms. The summed E-state index contributed by atoms with van der Waals surface area (Å²) in [5.74, 6) is -0.0577. The molecule has 0 N–H and O–H groups in total. The third-order valence-corrected chi connectivity index (χ3v) is 4.29. The van der Waals surface area contributed by atoms with Gasteiger partial charge in [0, 0.05) is 18.1 Å². The lowest BCUT2D eigenvalue weighted by molar-refractivity contribution is -0.00407. The number of rotatable bonds is 2. The molecule has 3 heterocycles. The highest BCUT2D eigenvalue weighted by atomic mass is 32.1. The summed E-state index contributed by atoms with van der Waals surface area (Å²) in [6.07, 6.45) is 1.67. The number of aromatic nitrogens is 2. The number of morpholine rings is 1. The number of hydrogen-bond donors (Lipinski definition) is 0. The quantitative estimate of drug-likeness (QED) is 0.854. The van der Waals surface area contributed by atoms with Gasteiger partial charge in [0.15, 0.2) is 0 Å². The Kier molecular flexibility index (Phi) is 3.98. The molecule has 110 valence electrons. The summed E-state index contributed by atoms with van der Waals surface area (Å²) in [5.41, 5.74) is 2.41. The molecule has 0 saturated carbocycles. The fourth-order valence-corrected chi connectivity index (χ4v) is 3.08. The topological polar surface area (TPSA) is 55.3 Å². The van der Waals surface area contributed by atoms with E-state index in [1.54, 1.807) is 17.5 Å². The van der Waals surface area contributed by atoms with Crippen molar-refractivity contribution in [1.29, 1.82) is 0 Å². The van der Waals surface area contributed by atoms with Crippen molar-refractivity contribution in [2.45, 2.75) is 19.9 Å². The second-order valence-electron chi connectivity index (χ2n) is 5.10. The molecule has 0 aromatic carbocycles. The van der Waals surface area contributed by atoms with E-state index >= 15 is 0 Å². The number of pyridine rings is 1. The van der Waals surface area contributed by atoms with Gasteiger partial charge in [-0.25, -0.2) is 4.98 Å². The zero-order valence-electron chi connectivity index (χ0n) is 12.1. The number of ether oxygens (including phenoxy) is 1. The monoisotopic (exact) mass is 303 g/mol. The first-order valence-corrected chi connectivity index (χ1v) is 7.76. The predicted octanol–water partition coefficient (Wildman–Crippen LogP) is 2.37. The highest BCUT2D eigenvalue weighted by Gasteiger charge is 2.31. The molecule has 5 nitrogen and oxygen atoms in total. The lowest BCUT2D eigenvalue weighted by atomic mass is 10.1. The maximum Gasteiger partial charge on any atom is 0.273 e. The second kappa shape index (κ2) is 5.91. The van der Waals surface area contributed by atoms with Gasteiger partial charge in [-0.1, -0.05) is 0 Å². The molecule has 0 radical (unpaired) electrons. The van der Waals surface area contributed by atoms with Gasteiger partial charge in [0.1, 0.15) is 5.69 Å². The first-order chi connectivity index (χ1) is 10.1. The number of nitrogens with zero attached hydrogens (tertiary/aromatic N) is 3. The first-order valence-electron chi connectivity index (χ1n) is 6.88. The van der Waals surface area contributed by atoms with Gasteiger partial charge in [0.05, 0.1) is 30.0 Å². The zero-order chi connectivity index (χ0) is 14.8. The molecule has 1 atom stereocenters. The molecule has 6 heteroatoms.